The highest BCUT2D eigenvalue weighted by Crippen LogP contribution is 2.33. The van der Waals surface area contributed by atoms with E-state index in [9.17, 15) is 14.3 Å². The van der Waals surface area contributed by atoms with Gasteiger partial charge in [0.25, 0.3) is 5.91 Å². The highest BCUT2D eigenvalue weighted by atomic mass is 19.1. The van der Waals surface area contributed by atoms with Crippen molar-refractivity contribution in [1.82, 2.24) is 20.1 Å². The number of hydrogen-bond acceptors (Lipinski definition) is 3. The van der Waals surface area contributed by atoms with Gasteiger partial charge in [0.1, 0.15) is 5.82 Å². The Hall–Kier alpha value is -2.93. The lowest BCUT2D eigenvalue weighted by molar-refractivity contribution is -0.00588. The second-order valence-corrected chi connectivity index (χ2v) is 6.66. The maximum atomic E-state index is 13.1. The van der Waals surface area contributed by atoms with Crippen molar-refractivity contribution >= 4 is 5.91 Å². The largest absolute Gasteiger partial charge is 0.391 e. The summed E-state index contributed by atoms with van der Waals surface area (Å²) in [6, 6.07) is 5.52. The van der Waals surface area contributed by atoms with Crippen molar-refractivity contribution < 1.29 is 14.3 Å². The summed E-state index contributed by atoms with van der Waals surface area (Å²) in [4.78, 5) is 15.7. The summed E-state index contributed by atoms with van der Waals surface area (Å²) in [5.41, 5.74) is 2.94. The Morgan fingerprint density at radius 2 is 2.12 bits per heavy atom. The van der Waals surface area contributed by atoms with Gasteiger partial charge in [-0.25, -0.2) is 4.39 Å². The number of aromatic nitrogens is 3. The van der Waals surface area contributed by atoms with E-state index in [1.807, 2.05) is 13.1 Å². The predicted octanol–water partition coefficient (Wildman–Crippen LogP) is 2.43. The highest BCUT2D eigenvalue weighted by Gasteiger charge is 2.43. The van der Waals surface area contributed by atoms with Crippen LogP contribution in [0.4, 0.5) is 4.39 Å². The monoisotopic (exact) mass is 354 g/mol. The third kappa shape index (κ3) is 2.90. The summed E-state index contributed by atoms with van der Waals surface area (Å²) in [7, 11) is 0. The van der Waals surface area contributed by atoms with Crippen LogP contribution in [0, 0.1) is 12.7 Å². The zero-order valence-corrected chi connectivity index (χ0v) is 14.2. The number of halogens is 1. The van der Waals surface area contributed by atoms with Crippen molar-refractivity contribution in [1.29, 1.82) is 0 Å². The number of aromatic amines is 1. The minimum atomic E-state index is -0.539. The maximum Gasteiger partial charge on any atom is 0.253 e. The molecule has 1 fully saturated rings. The molecule has 3 N–H and O–H groups in total. The minimum absolute atomic E-state index is 0.201. The molecule has 0 aliphatic heterocycles. The molecule has 0 saturated heterocycles. The van der Waals surface area contributed by atoms with E-state index in [0.29, 0.717) is 17.5 Å². The number of amides is 1. The molecule has 0 unspecified atom stereocenters. The number of nitrogens with one attached hydrogen (secondary N) is 2. The molecule has 3 atom stereocenters. The smallest absolute Gasteiger partial charge is 0.253 e. The van der Waals surface area contributed by atoms with Gasteiger partial charge in [0, 0.05) is 24.2 Å². The van der Waals surface area contributed by atoms with Crippen LogP contribution in [0.2, 0.25) is 0 Å². The first-order valence-electron chi connectivity index (χ1n) is 8.45. The maximum absolute atomic E-state index is 13.1. The van der Waals surface area contributed by atoms with Crippen LogP contribution in [0.5, 0.6) is 0 Å². The molecule has 1 aliphatic carbocycles. The van der Waals surface area contributed by atoms with Crippen molar-refractivity contribution in [2.24, 2.45) is 0 Å². The molecule has 1 saturated carbocycles. The second-order valence-electron chi connectivity index (χ2n) is 6.66. The van der Waals surface area contributed by atoms with Gasteiger partial charge in [0.15, 0.2) is 0 Å². The van der Waals surface area contributed by atoms with E-state index in [4.69, 9.17) is 0 Å². The first-order valence-corrected chi connectivity index (χ1v) is 8.45. The predicted molar refractivity (Wildman–Crippen MR) is 94.1 cm³/mol. The number of rotatable bonds is 4. The van der Waals surface area contributed by atoms with E-state index < -0.39 is 6.10 Å². The Morgan fingerprint density at radius 3 is 2.77 bits per heavy atom. The van der Waals surface area contributed by atoms with E-state index in [0.717, 1.165) is 11.1 Å². The van der Waals surface area contributed by atoms with Gasteiger partial charge in [-0.15, -0.1) is 0 Å². The highest BCUT2D eigenvalue weighted by molar-refractivity contribution is 6.01. The molecular formula is C19H19FN4O2. The number of H-pyrrole nitrogens is 1. The summed E-state index contributed by atoms with van der Waals surface area (Å²) in [5.74, 6) is -0.563. The Kier molecular flexibility index (Phi) is 4.08. The lowest BCUT2D eigenvalue weighted by Gasteiger charge is -2.41. The van der Waals surface area contributed by atoms with E-state index >= 15 is 0 Å². The molecule has 1 amide bonds. The van der Waals surface area contributed by atoms with Crippen LogP contribution in [-0.2, 0) is 0 Å². The summed E-state index contributed by atoms with van der Waals surface area (Å²) >= 11 is 0. The fourth-order valence-corrected chi connectivity index (χ4v) is 3.38. The first kappa shape index (κ1) is 16.5. The molecule has 3 aromatic rings. The molecule has 2 heterocycles. The molecule has 26 heavy (non-hydrogen) atoms. The van der Waals surface area contributed by atoms with Crippen LogP contribution in [0.1, 0.15) is 28.4 Å². The zero-order valence-electron chi connectivity index (χ0n) is 14.2. The third-order valence-corrected chi connectivity index (χ3v) is 4.80. The van der Waals surface area contributed by atoms with E-state index in [-0.39, 0.29) is 23.8 Å². The molecule has 0 bridgehead atoms. The lowest BCUT2D eigenvalue weighted by Crippen LogP contribution is -2.56. The SMILES string of the molecule is Cc1cnn([C@H]2[C@H](O)C[C@@H]2NC(=O)c2c[nH]cc2-c2ccc(F)cc2)c1. The molecule has 7 heteroatoms. The number of aryl methyl sites for hydroxylation is 1. The third-order valence-electron chi connectivity index (χ3n) is 4.80. The Bertz CT molecular complexity index is 931. The molecule has 4 rings (SSSR count). The number of aliphatic hydroxyl groups excluding tert-OH is 1. The zero-order chi connectivity index (χ0) is 18.3. The van der Waals surface area contributed by atoms with Crippen LogP contribution in [0.15, 0.2) is 49.1 Å². The summed E-state index contributed by atoms with van der Waals surface area (Å²) in [6.45, 7) is 1.93. The normalized spacial score (nSPS) is 22.0. The van der Waals surface area contributed by atoms with E-state index in [2.05, 4.69) is 15.4 Å². The standard InChI is InChI=1S/C19H19FN4O2/c1-11-7-22-24(10-11)18-16(6-17(18)25)23-19(26)15-9-21-8-14(15)12-2-4-13(20)5-3-12/h2-5,7-10,16-18,21,25H,6H2,1H3,(H,23,26)/t16-,17+,18+/m0/s1. The molecule has 1 aliphatic rings. The molecule has 0 spiro atoms. The fraction of sp³-hybridized carbons (Fsp3) is 0.263. The van der Waals surface area contributed by atoms with Crippen LogP contribution < -0.4 is 5.32 Å². The van der Waals surface area contributed by atoms with Crippen LogP contribution in [0.25, 0.3) is 11.1 Å². The van der Waals surface area contributed by atoms with Crippen molar-refractivity contribution in [3.63, 3.8) is 0 Å². The Morgan fingerprint density at radius 1 is 1.35 bits per heavy atom. The summed E-state index contributed by atoms with van der Waals surface area (Å²) in [6.07, 6.45) is 6.85. The van der Waals surface area contributed by atoms with Crippen LogP contribution >= 0.6 is 0 Å². The summed E-state index contributed by atoms with van der Waals surface area (Å²) < 4.78 is 14.8. The number of carbonyl (C=O) groups excluding carboxylic acids is 1. The van der Waals surface area contributed by atoms with Gasteiger partial charge in [0.2, 0.25) is 0 Å². The van der Waals surface area contributed by atoms with E-state index in [1.54, 1.807) is 35.4 Å². The number of hydrogen-bond donors (Lipinski definition) is 3. The Labute approximate surface area is 149 Å². The molecular weight excluding hydrogens is 335 g/mol. The number of carbonyl (C=O) groups is 1. The fourth-order valence-electron chi connectivity index (χ4n) is 3.38. The second kappa shape index (κ2) is 6.42. The van der Waals surface area contributed by atoms with E-state index in [1.165, 1.54) is 12.1 Å². The van der Waals surface area contributed by atoms with Crippen molar-refractivity contribution in [2.45, 2.75) is 31.5 Å². The molecule has 2 aromatic heterocycles. The van der Waals surface area contributed by atoms with Gasteiger partial charge in [0.05, 0.1) is 29.9 Å². The van der Waals surface area contributed by atoms with Crippen molar-refractivity contribution in [3.05, 3.63) is 66.0 Å². The van der Waals surface area contributed by atoms with Gasteiger partial charge < -0.3 is 15.4 Å². The number of nitrogens with zero attached hydrogens (tertiary/aromatic N) is 2. The topological polar surface area (TPSA) is 82.9 Å². The lowest BCUT2D eigenvalue weighted by atomic mass is 9.82. The minimum Gasteiger partial charge on any atom is -0.391 e. The van der Waals surface area contributed by atoms with Gasteiger partial charge >= 0.3 is 0 Å². The molecule has 134 valence electrons. The van der Waals surface area contributed by atoms with Gasteiger partial charge in [-0.3, -0.25) is 9.48 Å². The molecule has 0 radical (unpaired) electrons. The molecule has 6 nitrogen and oxygen atoms in total. The van der Waals surface area contributed by atoms with Gasteiger partial charge in [-0.05, 0) is 36.6 Å². The van der Waals surface area contributed by atoms with Crippen molar-refractivity contribution in [2.75, 3.05) is 0 Å². The van der Waals surface area contributed by atoms with Crippen LogP contribution in [-0.4, -0.2) is 37.9 Å². The van der Waals surface area contributed by atoms with Gasteiger partial charge in [-0.2, -0.15) is 5.10 Å². The Balaban J connectivity index is 1.52. The van der Waals surface area contributed by atoms with Crippen LogP contribution in [0.3, 0.4) is 0 Å². The average molecular weight is 354 g/mol. The molecule has 1 aromatic carbocycles. The van der Waals surface area contributed by atoms with Gasteiger partial charge in [-0.1, -0.05) is 12.1 Å². The quantitative estimate of drug-likeness (QED) is 0.673. The number of aliphatic hydroxyl groups is 1. The number of benzene rings is 1. The van der Waals surface area contributed by atoms with Crippen molar-refractivity contribution in [3.8, 4) is 11.1 Å². The first-order chi connectivity index (χ1) is 12.5. The summed E-state index contributed by atoms with van der Waals surface area (Å²) in [5, 5.41) is 17.3. The average Bonchev–Trinajstić information content (AvgIpc) is 3.24.